The van der Waals surface area contributed by atoms with Crippen molar-refractivity contribution < 1.29 is 0 Å². The lowest BCUT2D eigenvalue weighted by molar-refractivity contribution is 0.622. The van der Waals surface area contributed by atoms with Gasteiger partial charge in [0.1, 0.15) is 0 Å². The van der Waals surface area contributed by atoms with Gasteiger partial charge in [-0.3, -0.25) is 0 Å². The van der Waals surface area contributed by atoms with Crippen molar-refractivity contribution in [2.75, 3.05) is 6.54 Å². The van der Waals surface area contributed by atoms with Gasteiger partial charge in [0.25, 0.3) is 0 Å². The summed E-state index contributed by atoms with van der Waals surface area (Å²) in [5.74, 6) is 3.34. The van der Waals surface area contributed by atoms with Gasteiger partial charge in [-0.15, -0.1) is 12.3 Å². The van der Waals surface area contributed by atoms with Crippen LogP contribution in [0.2, 0.25) is 0 Å². The van der Waals surface area contributed by atoms with Crippen LogP contribution in [0, 0.1) is 18.3 Å². The Hall–Kier alpha value is -0.480. The molecule has 2 atom stereocenters. The molecule has 1 aliphatic heterocycles. The van der Waals surface area contributed by atoms with E-state index in [1.54, 1.807) is 0 Å². The molecule has 0 bridgehead atoms. The third-order valence-electron chi connectivity index (χ3n) is 1.77. The lowest BCUT2D eigenvalue weighted by atomic mass is 10.1. The Morgan fingerprint density at radius 3 is 1.44 bits per heavy atom. The number of hydrogen-bond donors (Lipinski definition) is 1. The first-order valence-electron chi connectivity index (χ1n) is 7.79. The van der Waals surface area contributed by atoms with Gasteiger partial charge >= 0.3 is 0 Å². The Balaban J connectivity index is -0.0000000776. The monoisotopic (exact) mass is 257 g/mol. The van der Waals surface area contributed by atoms with Crippen LogP contribution in [0.4, 0.5) is 0 Å². The van der Waals surface area contributed by atoms with Gasteiger partial charge < -0.3 is 5.32 Å². The van der Waals surface area contributed by atoms with Gasteiger partial charge in [0.05, 0.1) is 0 Å². The van der Waals surface area contributed by atoms with E-state index in [9.17, 15) is 0 Å². The van der Waals surface area contributed by atoms with Gasteiger partial charge in [0.15, 0.2) is 0 Å². The molecule has 0 aromatic heterocycles. The zero-order chi connectivity index (χ0) is 15.4. The summed E-state index contributed by atoms with van der Waals surface area (Å²) < 4.78 is 0. The normalized spacial score (nSPS) is 19.1. The zero-order valence-electron chi connectivity index (χ0n) is 14.6. The second kappa shape index (κ2) is 30.0. The van der Waals surface area contributed by atoms with Crippen LogP contribution < -0.4 is 5.32 Å². The Morgan fingerprint density at radius 1 is 1.06 bits per heavy atom. The highest BCUT2D eigenvalue weighted by molar-refractivity contribution is 4.80. The molecule has 0 spiro atoms. The van der Waals surface area contributed by atoms with Crippen molar-refractivity contribution in [1.82, 2.24) is 5.32 Å². The van der Waals surface area contributed by atoms with Crippen molar-refractivity contribution in [2.24, 2.45) is 5.92 Å². The van der Waals surface area contributed by atoms with Crippen LogP contribution in [0.15, 0.2) is 0 Å². The highest BCUT2D eigenvalue weighted by Crippen LogP contribution is 2.10. The fraction of sp³-hybridized carbons (Fsp3) is 0.882. The molecule has 1 N–H and O–H groups in total. The zero-order valence-corrected chi connectivity index (χ0v) is 14.6. The van der Waals surface area contributed by atoms with Crippen LogP contribution in [0.3, 0.4) is 0 Å². The molecule has 0 radical (unpaired) electrons. The predicted octanol–water partition coefficient (Wildman–Crippen LogP) is 5.50. The van der Waals surface area contributed by atoms with Gasteiger partial charge in [-0.25, -0.2) is 0 Å². The van der Waals surface area contributed by atoms with Crippen molar-refractivity contribution in [3.63, 3.8) is 0 Å². The molecule has 0 aromatic rings. The molecule has 1 saturated heterocycles. The number of terminal acetylenes is 1. The molecule has 1 heteroatoms. The molecule has 1 heterocycles. The molecule has 18 heavy (non-hydrogen) atoms. The molecular formula is C17H39N. The largest absolute Gasteiger partial charge is 0.314 e. The standard InChI is InChI=1S/C6H13N.C4H6.C3H8.2C2H6/c1-5-3-6(2)7-4-5;1-3-4-2;1-3-2;2*1-2/h5-7H,3-4H2,1-2H3;1H,4H2,2H3;3H2,1-2H3;2*1-2H3. The van der Waals surface area contributed by atoms with E-state index in [-0.39, 0.29) is 0 Å². The Morgan fingerprint density at radius 2 is 1.39 bits per heavy atom. The van der Waals surface area contributed by atoms with Crippen molar-refractivity contribution in [2.45, 2.75) is 87.6 Å². The second-order valence-electron chi connectivity index (χ2n) is 3.91. The van der Waals surface area contributed by atoms with Crippen molar-refractivity contribution in [3.05, 3.63) is 0 Å². The van der Waals surface area contributed by atoms with E-state index in [1.165, 1.54) is 19.4 Å². The highest BCUT2D eigenvalue weighted by Gasteiger charge is 2.14. The molecule has 0 aliphatic carbocycles. The smallest absolute Gasteiger partial charge is 0.00576 e. The van der Waals surface area contributed by atoms with Gasteiger partial charge in [-0.2, -0.15) is 0 Å². The second-order valence-corrected chi connectivity index (χ2v) is 3.91. The lowest BCUT2D eigenvalue weighted by Gasteiger charge is -1.96. The van der Waals surface area contributed by atoms with Gasteiger partial charge in [0.2, 0.25) is 0 Å². The molecule has 0 amide bonds. The van der Waals surface area contributed by atoms with Gasteiger partial charge in [-0.1, -0.05) is 61.8 Å². The summed E-state index contributed by atoms with van der Waals surface area (Å²) in [6.45, 7) is 19.9. The quantitative estimate of drug-likeness (QED) is 0.565. The maximum Gasteiger partial charge on any atom is 0.00576 e. The molecule has 0 saturated carbocycles. The molecule has 1 rings (SSSR count). The summed E-state index contributed by atoms with van der Waals surface area (Å²) in [6.07, 6.45) is 8.24. The third-order valence-corrected chi connectivity index (χ3v) is 1.77. The minimum atomic E-state index is 0.773. The van der Waals surface area contributed by atoms with E-state index in [2.05, 4.69) is 38.9 Å². The van der Waals surface area contributed by atoms with E-state index in [4.69, 9.17) is 6.42 Å². The first-order chi connectivity index (χ1) is 8.62. The molecule has 1 aliphatic rings. The minimum absolute atomic E-state index is 0.773. The number of rotatable bonds is 0. The Kier molecular flexibility index (Phi) is 43.6. The summed E-state index contributed by atoms with van der Waals surface area (Å²) in [6, 6.07) is 0.773. The summed E-state index contributed by atoms with van der Waals surface area (Å²) in [5.41, 5.74) is 0. The summed E-state index contributed by atoms with van der Waals surface area (Å²) >= 11 is 0. The summed E-state index contributed by atoms with van der Waals surface area (Å²) in [4.78, 5) is 0. The van der Waals surface area contributed by atoms with E-state index < -0.39 is 0 Å². The van der Waals surface area contributed by atoms with Crippen molar-refractivity contribution in [1.29, 1.82) is 0 Å². The fourth-order valence-electron chi connectivity index (χ4n) is 1.17. The van der Waals surface area contributed by atoms with Crippen molar-refractivity contribution >= 4 is 0 Å². The van der Waals surface area contributed by atoms with Crippen LogP contribution in [-0.4, -0.2) is 12.6 Å². The Labute approximate surface area is 118 Å². The third kappa shape index (κ3) is 36.1. The van der Waals surface area contributed by atoms with Crippen LogP contribution >= 0.6 is 0 Å². The topological polar surface area (TPSA) is 12.0 Å². The first-order valence-corrected chi connectivity index (χ1v) is 7.79. The number of hydrogen-bond acceptors (Lipinski definition) is 1. The molecule has 0 aromatic carbocycles. The highest BCUT2D eigenvalue weighted by atomic mass is 14.9. The number of nitrogens with one attached hydrogen (secondary N) is 1. The van der Waals surface area contributed by atoms with E-state index in [0.717, 1.165) is 18.4 Å². The maximum atomic E-state index is 4.78. The van der Waals surface area contributed by atoms with Gasteiger partial charge in [0, 0.05) is 12.5 Å². The van der Waals surface area contributed by atoms with E-state index in [0.29, 0.717) is 0 Å². The first kappa shape index (κ1) is 26.2. The summed E-state index contributed by atoms with van der Waals surface area (Å²) in [5, 5.41) is 3.37. The fourth-order valence-corrected chi connectivity index (χ4v) is 1.17. The molecule has 1 fully saturated rings. The summed E-state index contributed by atoms with van der Waals surface area (Å²) in [7, 11) is 0. The average molecular weight is 258 g/mol. The van der Waals surface area contributed by atoms with E-state index in [1.807, 2.05) is 34.6 Å². The van der Waals surface area contributed by atoms with Crippen LogP contribution in [-0.2, 0) is 0 Å². The predicted molar refractivity (Wildman–Crippen MR) is 89.0 cm³/mol. The van der Waals surface area contributed by atoms with Crippen LogP contribution in [0.5, 0.6) is 0 Å². The van der Waals surface area contributed by atoms with Gasteiger partial charge in [-0.05, 0) is 25.8 Å². The van der Waals surface area contributed by atoms with Crippen LogP contribution in [0.25, 0.3) is 0 Å². The Bertz CT molecular complexity index is 127. The minimum Gasteiger partial charge on any atom is -0.314 e. The molecule has 1 nitrogen and oxygen atoms in total. The van der Waals surface area contributed by atoms with Crippen molar-refractivity contribution in [3.8, 4) is 12.3 Å². The van der Waals surface area contributed by atoms with Crippen LogP contribution in [0.1, 0.15) is 81.6 Å². The maximum absolute atomic E-state index is 4.78. The lowest BCUT2D eigenvalue weighted by Crippen LogP contribution is -2.16. The average Bonchev–Trinajstić information content (AvgIpc) is 2.79. The van der Waals surface area contributed by atoms with E-state index >= 15 is 0 Å². The molecule has 112 valence electrons. The molecule has 2 unspecified atom stereocenters. The SMILES string of the molecule is C#CCC.CC.CC.CC1CNC(C)C1.CCC. The molecular weight excluding hydrogens is 218 g/mol.